The minimum Gasteiger partial charge on any atom is -0.390 e. The summed E-state index contributed by atoms with van der Waals surface area (Å²) in [5.41, 5.74) is 7.76. The summed E-state index contributed by atoms with van der Waals surface area (Å²) in [4.78, 5) is 27.2. The number of aliphatic hydroxyl groups excluding tert-OH is 1. The lowest BCUT2D eigenvalue weighted by atomic mass is 10.1. The van der Waals surface area contributed by atoms with Crippen molar-refractivity contribution in [1.82, 2.24) is 10.2 Å². The Balaban J connectivity index is 2.19. The van der Waals surface area contributed by atoms with Gasteiger partial charge in [0.1, 0.15) is 11.9 Å². The quantitative estimate of drug-likeness (QED) is 0.555. The summed E-state index contributed by atoms with van der Waals surface area (Å²) in [6.45, 7) is 4.19. The van der Waals surface area contributed by atoms with Crippen LogP contribution >= 0.6 is 0 Å². The fraction of sp³-hybridized carbons (Fsp3) is 0.391. The van der Waals surface area contributed by atoms with Crippen LogP contribution in [0, 0.1) is 5.82 Å². The molecule has 4 N–H and O–H groups in total. The number of carbonyl (C=O) groups excluding carboxylic acids is 2. The molecule has 2 rings (SSSR count). The summed E-state index contributed by atoms with van der Waals surface area (Å²) in [5, 5.41) is 12.7. The first kappa shape index (κ1) is 23.5. The molecule has 0 saturated heterocycles. The van der Waals surface area contributed by atoms with E-state index in [0.29, 0.717) is 6.42 Å². The molecule has 2 amide bonds. The molecule has 6 nitrogen and oxygen atoms in total. The summed E-state index contributed by atoms with van der Waals surface area (Å²) in [6.07, 6.45) is 0.346. The van der Waals surface area contributed by atoms with Crippen LogP contribution in [0.25, 0.3) is 0 Å². The molecule has 1 unspecified atom stereocenters. The average Bonchev–Trinajstić information content (AvgIpc) is 2.76. The number of nitrogens with two attached hydrogens (primary N) is 1. The third-order valence-corrected chi connectivity index (χ3v) is 4.89. The first-order chi connectivity index (χ1) is 14.4. The van der Waals surface area contributed by atoms with Gasteiger partial charge in [0.2, 0.25) is 5.91 Å². The van der Waals surface area contributed by atoms with Gasteiger partial charge in [-0.05, 0) is 42.2 Å². The summed E-state index contributed by atoms with van der Waals surface area (Å²) in [5.74, 6) is -1.37. The molecule has 2 aromatic rings. The number of rotatable bonds is 10. The zero-order chi connectivity index (χ0) is 22.1. The van der Waals surface area contributed by atoms with E-state index in [1.165, 1.54) is 23.1 Å². The van der Waals surface area contributed by atoms with Crippen molar-refractivity contribution in [2.45, 2.75) is 45.4 Å². The smallest absolute Gasteiger partial charge is 0.252 e. The lowest BCUT2D eigenvalue weighted by Gasteiger charge is -2.29. The van der Waals surface area contributed by atoms with Gasteiger partial charge in [0.15, 0.2) is 0 Å². The standard InChI is InChI=1S/C23H30FN3O3/c1-3-16-7-5-8-17(11-16)14-27(15-20(28)13-25)23(30)21(4-2)26-22(29)18-9-6-10-19(24)12-18/h5-12,20-21,28H,3-4,13-15,25H2,1-2H3,(H,26,29)/t20-,21?/m0/s1. The van der Waals surface area contributed by atoms with Crippen molar-refractivity contribution in [2.24, 2.45) is 5.73 Å². The van der Waals surface area contributed by atoms with Crippen LogP contribution in [-0.2, 0) is 17.8 Å². The van der Waals surface area contributed by atoms with E-state index in [1.807, 2.05) is 24.3 Å². The van der Waals surface area contributed by atoms with E-state index in [4.69, 9.17) is 5.73 Å². The van der Waals surface area contributed by atoms with Crippen molar-refractivity contribution in [2.75, 3.05) is 13.1 Å². The molecule has 0 fully saturated rings. The number of amides is 2. The van der Waals surface area contributed by atoms with Crippen LogP contribution < -0.4 is 11.1 Å². The van der Waals surface area contributed by atoms with E-state index in [-0.39, 0.29) is 31.1 Å². The normalized spacial score (nSPS) is 12.8. The van der Waals surface area contributed by atoms with Crippen molar-refractivity contribution in [3.63, 3.8) is 0 Å². The first-order valence-electron chi connectivity index (χ1n) is 10.2. The highest BCUT2D eigenvalue weighted by atomic mass is 19.1. The molecular formula is C23H30FN3O3. The predicted molar refractivity (Wildman–Crippen MR) is 114 cm³/mol. The third-order valence-electron chi connectivity index (χ3n) is 4.89. The summed E-state index contributed by atoms with van der Waals surface area (Å²) in [6, 6.07) is 12.4. The molecule has 0 spiro atoms. The van der Waals surface area contributed by atoms with Gasteiger partial charge in [-0.15, -0.1) is 0 Å². The number of nitrogens with zero attached hydrogens (tertiary/aromatic N) is 1. The molecule has 30 heavy (non-hydrogen) atoms. The van der Waals surface area contributed by atoms with Crippen LogP contribution in [0.2, 0.25) is 0 Å². The number of hydrogen-bond donors (Lipinski definition) is 3. The molecule has 0 aliphatic heterocycles. The van der Waals surface area contributed by atoms with Crippen LogP contribution in [0.3, 0.4) is 0 Å². The van der Waals surface area contributed by atoms with E-state index in [9.17, 15) is 19.1 Å². The van der Waals surface area contributed by atoms with Gasteiger partial charge in [-0.3, -0.25) is 9.59 Å². The lowest BCUT2D eigenvalue weighted by Crippen LogP contribution is -2.50. The van der Waals surface area contributed by atoms with Crippen molar-refractivity contribution in [3.05, 3.63) is 71.0 Å². The second kappa shape index (κ2) is 11.4. The number of hydrogen-bond acceptors (Lipinski definition) is 4. The Labute approximate surface area is 176 Å². The van der Waals surface area contributed by atoms with Crippen molar-refractivity contribution in [1.29, 1.82) is 0 Å². The fourth-order valence-corrected chi connectivity index (χ4v) is 3.16. The Morgan fingerprint density at radius 3 is 2.47 bits per heavy atom. The molecule has 0 aromatic heterocycles. The molecule has 0 radical (unpaired) electrons. The Morgan fingerprint density at radius 1 is 1.13 bits per heavy atom. The minimum atomic E-state index is -0.875. The van der Waals surface area contributed by atoms with Crippen LogP contribution in [0.15, 0.2) is 48.5 Å². The first-order valence-corrected chi connectivity index (χ1v) is 10.2. The third kappa shape index (κ3) is 6.64. The van der Waals surface area contributed by atoms with Gasteiger partial charge < -0.3 is 21.1 Å². The van der Waals surface area contributed by atoms with E-state index >= 15 is 0 Å². The lowest BCUT2D eigenvalue weighted by molar-refractivity contribution is -0.135. The summed E-state index contributed by atoms with van der Waals surface area (Å²) >= 11 is 0. The SMILES string of the molecule is CCc1cccc(CN(C[C@@H](O)CN)C(=O)C(CC)NC(=O)c2cccc(F)c2)c1. The highest BCUT2D eigenvalue weighted by Gasteiger charge is 2.26. The number of nitrogens with one attached hydrogen (secondary N) is 1. The maximum atomic E-state index is 13.4. The van der Waals surface area contributed by atoms with E-state index < -0.39 is 23.9 Å². The van der Waals surface area contributed by atoms with Crippen LogP contribution in [-0.4, -0.2) is 47.1 Å². The number of benzene rings is 2. The van der Waals surface area contributed by atoms with E-state index in [2.05, 4.69) is 12.2 Å². The molecule has 0 aliphatic rings. The van der Waals surface area contributed by atoms with Gasteiger partial charge in [0, 0.05) is 25.2 Å². The highest BCUT2D eigenvalue weighted by Crippen LogP contribution is 2.12. The molecule has 0 heterocycles. The average molecular weight is 416 g/mol. The monoisotopic (exact) mass is 415 g/mol. The van der Waals surface area contributed by atoms with Crippen LogP contribution in [0.1, 0.15) is 41.8 Å². The predicted octanol–water partition coefficient (Wildman–Crippen LogP) is 2.24. The van der Waals surface area contributed by atoms with Gasteiger partial charge in [0.25, 0.3) is 5.91 Å². The van der Waals surface area contributed by atoms with E-state index in [0.717, 1.165) is 23.6 Å². The second-order valence-corrected chi connectivity index (χ2v) is 7.23. The largest absolute Gasteiger partial charge is 0.390 e. The Hall–Kier alpha value is -2.77. The molecule has 0 aliphatic carbocycles. The van der Waals surface area contributed by atoms with Gasteiger partial charge in [0.05, 0.1) is 6.10 Å². The molecule has 0 bridgehead atoms. The summed E-state index contributed by atoms with van der Waals surface area (Å²) in [7, 11) is 0. The highest BCUT2D eigenvalue weighted by molar-refractivity contribution is 5.97. The van der Waals surface area contributed by atoms with Gasteiger partial charge in [-0.1, -0.05) is 44.2 Å². The second-order valence-electron chi connectivity index (χ2n) is 7.23. The zero-order valence-corrected chi connectivity index (χ0v) is 17.5. The van der Waals surface area contributed by atoms with Gasteiger partial charge in [-0.2, -0.15) is 0 Å². The van der Waals surface area contributed by atoms with Crippen molar-refractivity contribution < 1.29 is 19.1 Å². The zero-order valence-electron chi connectivity index (χ0n) is 17.5. The number of aliphatic hydroxyl groups is 1. The fourth-order valence-electron chi connectivity index (χ4n) is 3.16. The van der Waals surface area contributed by atoms with E-state index in [1.54, 1.807) is 6.92 Å². The Kier molecular flexibility index (Phi) is 8.95. The topological polar surface area (TPSA) is 95.7 Å². The number of aryl methyl sites for hydroxylation is 1. The van der Waals surface area contributed by atoms with Crippen molar-refractivity contribution >= 4 is 11.8 Å². The number of carbonyl (C=O) groups is 2. The molecule has 0 saturated carbocycles. The summed E-state index contributed by atoms with van der Waals surface area (Å²) < 4.78 is 13.4. The maximum absolute atomic E-state index is 13.4. The minimum absolute atomic E-state index is 0.0191. The molecule has 162 valence electrons. The number of halogens is 1. The molecule has 2 aromatic carbocycles. The van der Waals surface area contributed by atoms with Crippen molar-refractivity contribution in [3.8, 4) is 0 Å². The van der Waals surface area contributed by atoms with Crippen LogP contribution in [0.4, 0.5) is 4.39 Å². The van der Waals surface area contributed by atoms with Gasteiger partial charge in [-0.25, -0.2) is 4.39 Å². The Morgan fingerprint density at radius 2 is 1.83 bits per heavy atom. The van der Waals surface area contributed by atoms with Crippen LogP contribution in [0.5, 0.6) is 0 Å². The molecule has 2 atom stereocenters. The van der Waals surface area contributed by atoms with Gasteiger partial charge >= 0.3 is 0 Å². The Bertz CT molecular complexity index is 859. The molecular weight excluding hydrogens is 385 g/mol. The molecule has 7 heteroatoms. The maximum Gasteiger partial charge on any atom is 0.252 e.